The number of rotatable bonds is 6. The maximum absolute atomic E-state index is 11.3. The third-order valence-corrected chi connectivity index (χ3v) is 1.27. The molecule has 0 aliphatic heterocycles. The summed E-state index contributed by atoms with van der Waals surface area (Å²) in [6.07, 6.45) is 7.75. The van der Waals surface area contributed by atoms with Crippen molar-refractivity contribution >= 4 is 5.97 Å². The summed E-state index contributed by atoms with van der Waals surface area (Å²) in [5.41, 5.74) is 0.369. The maximum atomic E-state index is 11.3. The molecule has 0 aromatic rings. The molecule has 0 aliphatic rings. The van der Waals surface area contributed by atoms with Crippen molar-refractivity contribution in [1.29, 1.82) is 0 Å². The Morgan fingerprint density at radius 3 is 2.57 bits per heavy atom. The molecule has 0 rings (SSSR count). The molecule has 0 aromatic heterocycles. The molecule has 0 unspecified atom stereocenters. The number of aliphatic hydroxyl groups is 1. The van der Waals surface area contributed by atoms with Crippen LogP contribution < -0.4 is 0 Å². The average Bonchev–Trinajstić information content (AvgIpc) is 2.20. The van der Waals surface area contributed by atoms with E-state index in [0.29, 0.717) is 5.57 Å². The van der Waals surface area contributed by atoms with Gasteiger partial charge in [-0.15, -0.1) is 0 Å². The van der Waals surface area contributed by atoms with Crippen molar-refractivity contribution in [3.63, 3.8) is 0 Å². The molecule has 14 heavy (non-hydrogen) atoms. The Morgan fingerprint density at radius 1 is 1.36 bits per heavy atom. The van der Waals surface area contributed by atoms with E-state index in [-0.39, 0.29) is 13.2 Å². The highest BCUT2D eigenvalue weighted by molar-refractivity contribution is 5.91. The second-order valence-electron chi connectivity index (χ2n) is 2.31. The van der Waals surface area contributed by atoms with E-state index in [0.717, 1.165) is 0 Å². The Kier molecular flexibility index (Phi) is 7.09. The van der Waals surface area contributed by atoms with Crippen LogP contribution in [0, 0.1) is 0 Å². The van der Waals surface area contributed by atoms with Gasteiger partial charge in [0.25, 0.3) is 0 Å². The van der Waals surface area contributed by atoms with Gasteiger partial charge < -0.3 is 9.84 Å². The third-order valence-electron chi connectivity index (χ3n) is 1.27. The van der Waals surface area contributed by atoms with Crippen molar-refractivity contribution in [2.24, 2.45) is 0 Å². The summed E-state index contributed by atoms with van der Waals surface area (Å²) in [7, 11) is 0. The molecule has 0 amide bonds. The SMILES string of the molecule is C=C/C=C\C(=C/C=C)C(=O)OCCO. The standard InChI is InChI=1S/C11H14O3/c1-3-5-7-10(6-4-2)11(13)14-9-8-12/h3-7,12H,1-2,8-9H2/b7-5-,10-6+. The van der Waals surface area contributed by atoms with E-state index >= 15 is 0 Å². The maximum Gasteiger partial charge on any atom is 0.338 e. The van der Waals surface area contributed by atoms with Gasteiger partial charge >= 0.3 is 5.97 Å². The number of carbonyl (C=O) groups excluding carboxylic acids is 1. The highest BCUT2D eigenvalue weighted by Gasteiger charge is 2.05. The number of esters is 1. The predicted octanol–water partition coefficient (Wildman–Crippen LogP) is 1.38. The second-order valence-corrected chi connectivity index (χ2v) is 2.31. The fourth-order valence-corrected chi connectivity index (χ4v) is 0.712. The van der Waals surface area contributed by atoms with Crippen molar-refractivity contribution in [1.82, 2.24) is 0 Å². The Balaban J connectivity index is 4.41. The Morgan fingerprint density at radius 2 is 2.07 bits per heavy atom. The van der Waals surface area contributed by atoms with Crippen molar-refractivity contribution in [3.8, 4) is 0 Å². The van der Waals surface area contributed by atoms with Gasteiger partial charge in [0.15, 0.2) is 0 Å². The van der Waals surface area contributed by atoms with Gasteiger partial charge in [-0.3, -0.25) is 0 Å². The summed E-state index contributed by atoms with van der Waals surface area (Å²) in [5, 5.41) is 8.45. The molecule has 0 aromatic carbocycles. The topological polar surface area (TPSA) is 46.5 Å². The van der Waals surface area contributed by atoms with Crippen LogP contribution in [-0.4, -0.2) is 24.3 Å². The predicted molar refractivity (Wildman–Crippen MR) is 55.7 cm³/mol. The Hall–Kier alpha value is -1.61. The van der Waals surface area contributed by atoms with E-state index in [1.807, 2.05) is 0 Å². The third kappa shape index (κ3) is 5.11. The summed E-state index contributed by atoms with van der Waals surface area (Å²) < 4.78 is 4.71. The molecule has 0 radical (unpaired) electrons. The van der Waals surface area contributed by atoms with Crippen molar-refractivity contribution in [3.05, 3.63) is 49.1 Å². The van der Waals surface area contributed by atoms with Crippen LogP contribution in [0.1, 0.15) is 0 Å². The number of aliphatic hydroxyl groups excluding tert-OH is 1. The zero-order valence-electron chi connectivity index (χ0n) is 7.98. The molecular weight excluding hydrogens is 180 g/mol. The van der Waals surface area contributed by atoms with Crippen LogP contribution in [0.2, 0.25) is 0 Å². The van der Waals surface area contributed by atoms with E-state index in [2.05, 4.69) is 13.2 Å². The fraction of sp³-hybridized carbons (Fsp3) is 0.182. The lowest BCUT2D eigenvalue weighted by Gasteiger charge is -2.01. The minimum absolute atomic E-state index is 0.00472. The summed E-state index contributed by atoms with van der Waals surface area (Å²) in [4.78, 5) is 11.3. The van der Waals surface area contributed by atoms with Gasteiger partial charge in [-0.05, 0) is 12.2 Å². The fourth-order valence-electron chi connectivity index (χ4n) is 0.712. The van der Waals surface area contributed by atoms with Crippen molar-refractivity contribution in [2.45, 2.75) is 0 Å². The smallest absolute Gasteiger partial charge is 0.338 e. The minimum Gasteiger partial charge on any atom is -0.460 e. The van der Waals surface area contributed by atoms with Gasteiger partial charge in [-0.2, -0.15) is 0 Å². The minimum atomic E-state index is -0.489. The van der Waals surface area contributed by atoms with Gasteiger partial charge in [0, 0.05) is 0 Å². The number of hydrogen-bond acceptors (Lipinski definition) is 3. The number of allylic oxidation sites excluding steroid dienone is 4. The largest absolute Gasteiger partial charge is 0.460 e. The van der Waals surface area contributed by atoms with Gasteiger partial charge in [0.1, 0.15) is 6.61 Å². The molecule has 0 atom stereocenters. The van der Waals surface area contributed by atoms with Gasteiger partial charge in [-0.1, -0.05) is 31.4 Å². The van der Waals surface area contributed by atoms with E-state index in [4.69, 9.17) is 9.84 Å². The molecular formula is C11H14O3. The molecule has 0 saturated heterocycles. The number of ether oxygens (including phenoxy) is 1. The van der Waals surface area contributed by atoms with E-state index in [9.17, 15) is 4.79 Å². The Bertz CT molecular complexity index is 262. The summed E-state index contributed by atoms with van der Waals surface area (Å²) in [5.74, 6) is -0.489. The molecule has 76 valence electrons. The van der Waals surface area contributed by atoms with Crippen LogP contribution >= 0.6 is 0 Å². The zero-order chi connectivity index (χ0) is 10.8. The monoisotopic (exact) mass is 194 g/mol. The van der Waals surface area contributed by atoms with Crippen LogP contribution in [0.5, 0.6) is 0 Å². The van der Waals surface area contributed by atoms with E-state index < -0.39 is 5.97 Å². The average molecular weight is 194 g/mol. The molecule has 0 aliphatic carbocycles. The lowest BCUT2D eigenvalue weighted by molar-refractivity contribution is -0.139. The van der Waals surface area contributed by atoms with Crippen LogP contribution in [0.25, 0.3) is 0 Å². The number of hydrogen-bond donors (Lipinski definition) is 1. The van der Waals surface area contributed by atoms with Gasteiger partial charge in [0.2, 0.25) is 0 Å². The lowest BCUT2D eigenvalue weighted by Crippen LogP contribution is -2.09. The first-order valence-corrected chi connectivity index (χ1v) is 4.16. The first-order valence-electron chi connectivity index (χ1n) is 4.16. The van der Waals surface area contributed by atoms with Crippen LogP contribution in [0.3, 0.4) is 0 Å². The second kappa shape index (κ2) is 8.01. The van der Waals surface area contributed by atoms with E-state index in [1.54, 1.807) is 18.2 Å². The molecule has 3 heteroatoms. The van der Waals surface area contributed by atoms with E-state index in [1.165, 1.54) is 12.2 Å². The molecule has 0 spiro atoms. The molecule has 3 nitrogen and oxygen atoms in total. The van der Waals surface area contributed by atoms with Crippen LogP contribution in [0.15, 0.2) is 49.1 Å². The van der Waals surface area contributed by atoms with Gasteiger partial charge in [0.05, 0.1) is 12.2 Å². The van der Waals surface area contributed by atoms with Crippen LogP contribution in [0.4, 0.5) is 0 Å². The molecule has 0 saturated carbocycles. The van der Waals surface area contributed by atoms with Crippen molar-refractivity contribution in [2.75, 3.05) is 13.2 Å². The summed E-state index contributed by atoms with van der Waals surface area (Å²) in [6, 6.07) is 0. The summed E-state index contributed by atoms with van der Waals surface area (Å²) in [6.45, 7) is 6.77. The quantitative estimate of drug-likeness (QED) is 0.394. The molecule has 0 fully saturated rings. The highest BCUT2D eigenvalue weighted by atomic mass is 16.5. The molecule has 0 bridgehead atoms. The van der Waals surface area contributed by atoms with Crippen molar-refractivity contribution < 1.29 is 14.6 Å². The lowest BCUT2D eigenvalue weighted by atomic mass is 10.2. The summed E-state index contributed by atoms with van der Waals surface area (Å²) >= 11 is 0. The van der Waals surface area contributed by atoms with Crippen LogP contribution in [-0.2, 0) is 9.53 Å². The zero-order valence-corrected chi connectivity index (χ0v) is 7.98. The first kappa shape index (κ1) is 12.4. The first-order chi connectivity index (χ1) is 6.76. The Labute approximate surface area is 83.7 Å². The normalized spacial score (nSPS) is 11.4. The van der Waals surface area contributed by atoms with Gasteiger partial charge in [-0.25, -0.2) is 4.79 Å². The molecule has 0 heterocycles. The highest BCUT2D eigenvalue weighted by Crippen LogP contribution is 2.01. The number of carbonyl (C=O) groups is 1. The molecule has 1 N–H and O–H groups in total.